The van der Waals surface area contributed by atoms with Crippen LogP contribution in [0.5, 0.6) is 0 Å². The number of rotatable bonds is 5. The summed E-state index contributed by atoms with van der Waals surface area (Å²) in [6, 6.07) is 0.0372. The van der Waals surface area contributed by atoms with Crippen LogP contribution in [0.25, 0.3) is 0 Å². The number of hydrogen-bond donors (Lipinski definition) is 1. The van der Waals surface area contributed by atoms with Gasteiger partial charge >= 0.3 is 6.03 Å². The van der Waals surface area contributed by atoms with Gasteiger partial charge in [-0.1, -0.05) is 25.2 Å². The minimum atomic E-state index is 0.0372. The van der Waals surface area contributed by atoms with E-state index in [9.17, 15) is 4.79 Å². The van der Waals surface area contributed by atoms with Crippen molar-refractivity contribution >= 4 is 17.4 Å². The van der Waals surface area contributed by atoms with Crippen molar-refractivity contribution in [1.82, 2.24) is 25.3 Å². The van der Waals surface area contributed by atoms with Gasteiger partial charge in [-0.2, -0.15) is 0 Å². The predicted octanol–water partition coefficient (Wildman–Crippen LogP) is 2.29. The van der Waals surface area contributed by atoms with Gasteiger partial charge in [-0.05, 0) is 38.3 Å². The van der Waals surface area contributed by atoms with Crippen molar-refractivity contribution in [1.29, 1.82) is 0 Å². The molecular weight excluding hydrogens is 310 g/mol. The number of carbonyl (C=O) groups is 1. The van der Waals surface area contributed by atoms with Crippen LogP contribution in [-0.2, 0) is 6.54 Å². The van der Waals surface area contributed by atoms with Crippen molar-refractivity contribution in [2.24, 2.45) is 5.92 Å². The molecule has 0 aromatic carbocycles. The Morgan fingerprint density at radius 3 is 2.78 bits per heavy atom. The van der Waals surface area contributed by atoms with E-state index >= 15 is 0 Å². The molecule has 0 aliphatic carbocycles. The first-order valence-corrected chi connectivity index (χ1v) is 9.51. The predicted molar refractivity (Wildman–Crippen MR) is 91.6 cm³/mol. The largest absolute Gasteiger partial charge is 0.331 e. The summed E-state index contributed by atoms with van der Waals surface area (Å²) in [4.78, 5) is 16.8. The molecule has 0 radical (unpaired) electrons. The Labute approximate surface area is 142 Å². The fraction of sp³-hybridized carbons (Fsp3) is 0.812. The smallest absolute Gasteiger partial charge is 0.317 e. The summed E-state index contributed by atoms with van der Waals surface area (Å²) in [6.45, 7) is 10.1. The monoisotopic (exact) mass is 337 g/mol. The molecule has 3 heterocycles. The van der Waals surface area contributed by atoms with Gasteiger partial charge < -0.3 is 15.1 Å². The average molecular weight is 337 g/mol. The molecule has 1 atom stereocenters. The van der Waals surface area contributed by atoms with Gasteiger partial charge in [-0.25, -0.2) is 4.79 Å². The Balaban J connectivity index is 1.41. The van der Waals surface area contributed by atoms with E-state index in [-0.39, 0.29) is 6.03 Å². The standard InChI is InChI=1S/C16H27N5OS/c1-12(2)15-19-18-14(23-15)9-17-16(22)21-8-5-13(11-21)10-20-6-3-4-7-20/h12-13H,3-11H2,1-2H3,(H,17,22)/t13-/m1/s1. The van der Waals surface area contributed by atoms with Crippen LogP contribution in [0.2, 0.25) is 0 Å². The number of nitrogens with zero attached hydrogens (tertiary/aromatic N) is 4. The summed E-state index contributed by atoms with van der Waals surface area (Å²) in [5.41, 5.74) is 0. The Bertz CT molecular complexity index is 526. The van der Waals surface area contributed by atoms with Crippen molar-refractivity contribution in [3.63, 3.8) is 0 Å². The zero-order valence-corrected chi connectivity index (χ0v) is 14.9. The van der Waals surface area contributed by atoms with Crippen LogP contribution < -0.4 is 5.32 Å². The first kappa shape index (κ1) is 16.6. The number of urea groups is 1. The zero-order valence-electron chi connectivity index (χ0n) is 14.1. The summed E-state index contributed by atoms with van der Waals surface area (Å²) in [5, 5.41) is 13.2. The highest BCUT2D eigenvalue weighted by Crippen LogP contribution is 2.21. The molecule has 1 aromatic rings. The van der Waals surface area contributed by atoms with Gasteiger partial charge in [0.15, 0.2) is 0 Å². The highest BCUT2D eigenvalue weighted by atomic mass is 32.1. The third-order valence-corrected chi connectivity index (χ3v) is 5.88. The molecule has 0 saturated carbocycles. The van der Waals surface area contributed by atoms with Gasteiger partial charge in [0.2, 0.25) is 0 Å². The zero-order chi connectivity index (χ0) is 16.2. The lowest BCUT2D eigenvalue weighted by Crippen LogP contribution is -2.38. The van der Waals surface area contributed by atoms with E-state index in [1.54, 1.807) is 11.3 Å². The number of amides is 2. The fourth-order valence-corrected chi connectivity index (χ4v) is 4.12. The molecule has 2 amide bonds. The molecule has 128 valence electrons. The molecule has 7 heteroatoms. The Morgan fingerprint density at radius 2 is 2.09 bits per heavy atom. The maximum Gasteiger partial charge on any atom is 0.317 e. The number of likely N-dealkylation sites (tertiary alicyclic amines) is 2. The van der Waals surface area contributed by atoms with Gasteiger partial charge in [0.25, 0.3) is 0 Å². The van der Waals surface area contributed by atoms with Gasteiger partial charge in [0.1, 0.15) is 10.0 Å². The summed E-state index contributed by atoms with van der Waals surface area (Å²) < 4.78 is 0. The van der Waals surface area contributed by atoms with E-state index in [0.29, 0.717) is 18.4 Å². The maximum atomic E-state index is 12.3. The first-order chi connectivity index (χ1) is 11.1. The minimum Gasteiger partial charge on any atom is -0.331 e. The van der Waals surface area contributed by atoms with E-state index in [2.05, 4.69) is 34.3 Å². The van der Waals surface area contributed by atoms with Crippen LogP contribution in [0, 0.1) is 5.92 Å². The molecule has 2 aliphatic rings. The van der Waals surface area contributed by atoms with E-state index < -0.39 is 0 Å². The van der Waals surface area contributed by atoms with E-state index in [1.807, 2.05) is 4.90 Å². The highest BCUT2D eigenvalue weighted by molar-refractivity contribution is 7.11. The SMILES string of the molecule is CC(C)c1nnc(CNC(=O)N2CC[C@H](CN3CCCC3)C2)s1. The second-order valence-corrected chi connectivity index (χ2v) is 8.05. The molecule has 0 unspecified atom stereocenters. The van der Waals surface area contributed by atoms with Crippen LogP contribution in [0.3, 0.4) is 0 Å². The van der Waals surface area contributed by atoms with Gasteiger partial charge in [-0.15, -0.1) is 10.2 Å². The molecule has 3 rings (SSSR count). The van der Waals surface area contributed by atoms with Crippen LogP contribution in [0.15, 0.2) is 0 Å². The number of aromatic nitrogens is 2. The maximum absolute atomic E-state index is 12.3. The van der Waals surface area contributed by atoms with Crippen LogP contribution in [0.4, 0.5) is 4.79 Å². The Kier molecular flexibility index (Phi) is 5.48. The lowest BCUT2D eigenvalue weighted by atomic mass is 10.1. The first-order valence-electron chi connectivity index (χ1n) is 8.69. The van der Waals surface area contributed by atoms with Crippen LogP contribution >= 0.6 is 11.3 Å². The second kappa shape index (κ2) is 7.57. The third kappa shape index (κ3) is 4.41. The summed E-state index contributed by atoms with van der Waals surface area (Å²) in [7, 11) is 0. The van der Waals surface area contributed by atoms with Crippen molar-refractivity contribution < 1.29 is 4.79 Å². The van der Waals surface area contributed by atoms with E-state index in [0.717, 1.165) is 36.1 Å². The van der Waals surface area contributed by atoms with Crippen molar-refractivity contribution in [3.05, 3.63) is 10.0 Å². The second-order valence-electron chi connectivity index (χ2n) is 6.96. The molecule has 1 N–H and O–H groups in total. The summed E-state index contributed by atoms with van der Waals surface area (Å²) >= 11 is 1.59. The molecule has 2 aliphatic heterocycles. The number of nitrogens with one attached hydrogen (secondary N) is 1. The topological polar surface area (TPSA) is 61.4 Å². The third-order valence-electron chi connectivity index (χ3n) is 4.66. The molecule has 23 heavy (non-hydrogen) atoms. The van der Waals surface area contributed by atoms with Crippen LogP contribution in [-0.4, -0.2) is 58.8 Å². The minimum absolute atomic E-state index is 0.0372. The normalized spacial score (nSPS) is 22.2. The molecule has 1 aromatic heterocycles. The number of carbonyl (C=O) groups excluding carboxylic acids is 1. The van der Waals surface area contributed by atoms with Crippen molar-refractivity contribution in [2.45, 2.75) is 45.6 Å². The van der Waals surface area contributed by atoms with Gasteiger partial charge in [0.05, 0.1) is 6.54 Å². The van der Waals surface area contributed by atoms with Crippen molar-refractivity contribution in [3.8, 4) is 0 Å². The van der Waals surface area contributed by atoms with E-state index in [1.165, 1.54) is 25.9 Å². The lowest BCUT2D eigenvalue weighted by Gasteiger charge is -2.20. The molecule has 2 saturated heterocycles. The lowest BCUT2D eigenvalue weighted by molar-refractivity contribution is 0.203. The summed E-state index contributed by atoms with van der Waals surface area (Å²) in [5.74, 6) is 1.02. The van der Waals surface area contributed by atoms with Crippen LogP contribution in [0.1, 0.15) is 49.0 Å². The van der Waals surface area contributed by atoms with Gasteiger partial charge in [0, 0.05) is 25.6 Å². The molecular formula is C16H27N5OS. The Hall–Kier alpha value is -1.21. The van der Waals surface area contributed by atoms with Gasteiger partial charge in [-0.3, -0.25) is 0 Å². The molecule has 0 spiro atoms. The quantitative estimate of drug-likeness (QED) is 0.895. The number of hydrogen-bond acceptors (Lipinski definition) is 5. The molecule has 6 nitrogen and oxygen atoms in total. The average Bonchev–Trinajstić information content (AvgIpc) is 3.27. The molecule has 2 fully saturated rings. The molecule has 0 bridgehead atoms. The summed E-state index contributed by atoms with van der Waals surface area (Å²) in [6.07, 6.45) is 3.79. The van der Waals surface area contributed by atoms with Crippen molar-refractivity contribution in [2.75, 3.05) is 32.7 Å². The fourth-order valence-electron chi connectivity index (χ4n) is 3.33. The Morgan fingerprint density at radius 1 is 1.30 bits per heavy atom. The van der Waals surface area contributed by atoms with E-state index in [4.69, 9.17) is 0 Å². The highest BCUT2D eigenvalue weighted by Gasteiger charge is 2.28.